The fourth-order valence-electron chi connectivity index (χ4n) is 2.81. The zero-order valence-corrected chi connectivity index (χ0v) is 15.1. The maximum absolute atomic E-state index is 12.5. The van der Waals surface area contributed by atoms with Gasteiger partial charge in [0.1, 0.15) is 5.75 Å². The number of hydrogen-bond donors (Lipinski definition) is 2. The molecular formula is C20H21NO4S. The fourth-order valence-corrected chi connectivity index (χ4v) is 4.04. The summed E-state index contributed by atoms with van der Waals surface area (Å²) in [5, 5.41) is 11.6. The number of amides is 1. The summed E-state index contributed by atoms with van der Waals surface area (Å²) in [7, 11) is 0. The largest absolute Gasteiger partial charge is 0.494 e. The van der Waals surface area contributed by atoms with Gasteiger partial charge in [-0.25, -0.2) is 0 Å². The lowest BCUT2D eigenvalue weighted by atomic mass is 10.0. The van der Waals surface area contributed by atoms with E-state index in [0.29, 0.717) is 25.3 Å². The molecule has 6 heteroatoms. The van der Waals surface area contributed by atoms with Crippen LogP contribution >= 0.6 is 11.8 Å². The first-order valence-corrected chi connectivity index (χ1v) is 9.55. The van der Waals surface area contributed by atoms with Crippen molar-refractivity contribution >= 4 is 23.6 Å². The smallest absolute Gasteiger partial charge is 0.303 e. The van der Waals surface area contributed by atoms with Crippen LogP contribution in [0.15, 0.2) is 53.4 Å². The van der Waals surface area contributed by atoms with Crippen LogP contribution in [0.4, 0.5) is 0 Å². The summed E-state index contributed by atoms with van der Waals surface area (Å²) in [4.78, 5) is 24.1. The normalized spacial score (nSPS) is 15.3. The summed E-state index contributed by atoms with van der Waals surface area (Å²) in [6.07, 6.45) is 0.584. The van der Waals surface area contributed by atoms with Crippen molar-refractivity contribution in [1.82, 2.24) is 5.32 Å². The van der Waals surface area contributed by atoms with Crippen LogP contribution in [0, 0.1) is 0 Å². The van der Waals surface area contributed by atoms with Crippen LogP contribution in [0.2, 0.25) is 0 Å². The zero-order valence-electron chi connectivity index (χ0n) is 14.3. The van der Waals surface area contributed by atoms with Crippen molar-refractivity contribution in [1.29, 1.82) is 0 Å². The number of hydrogen-bond acceptors (Lipinski definition) is 4. The Morgan fingerprint density at radius 1 is 1.15 bits per heavy atom. The van der Waals surface area contributed by atoms with E-state index in [0.717, 1.165) is 16.9 Å². The van der Waals surface area contributed by atoms with Crippen LogP contribution in [0.5, 0.6) is 5.75 Å². The lowest BCUT2D eigenvalue weighted by molar-refractivity contribution is -0.137. The molecule has 0 saturated heterocycles. The number of carboxylic acids is 1. The third kappa shape index (κ3) is 4.79. The van der Waals surface area contributed by atoms with Gasteiger partial charge in [0.15, 0.2) is 0 Å². The molecule has 2 N–H and O–H groups in total. The summed E-state index contributed by atoms with van der Waals surface area (Å²) in [5.74, 6) is 0.632. The summed E-state index contributed by atoms with van der Waals surface area (Å²) in [5.41, 5.74) is 2.11. The van der Waals surface area contributed by atoms with Crippen LogP contribution in [-0.4, -0.2) is 29.3 Å². The molecule has 1 amide bonds. The number of carboxylic acid groups (broad SMARTS) is 1. The van der Waals surface area contributed by atoms with Crippen molar-refractivity contribution in [2.24, 2.45) is 0 Å². The molecule has 0 spiro atoms. The minimum absolute atomic E-state index is 0.0523. The van der Waals surface area contributed by atoms with Gasteiger partial charge in [-0.3, -0.25) is 9.59 Å². The number of rotatable bonds is 8. The minimum atomic E-state index is -0.817. The van der Waals surface area contributed by atoms with Crippen LogP contribution in [0.1, 0.15) is 29.9 Å². The van der Waals surface area contributed by atoms with E-state index in [2.05, 4.69) is 11.4 Å². The SMILES string of the molecule is O=C(O)CCCOc1ccc(CNC(=O)C2CSc3ccccc32)cc1. The third-order valence-electron chi connectivity index (χ3n) is 4.21. The van der Waals surface area contributed by atoms with Gasteiger partial charge in [-0.15, -0.1) is 11.8 Å². The molecule has 1 aliphatic rings. The van der Waals surface area contributed by atoms with Crippen molar-refractivity contribution in [3.05, 3.63) is 59.7 Å². The van der Waals surface area contributed by atoms with Gasteiger partial charge in [0.05, 0.1) is 12.5 Å². The minimum Gasteiger partial charge on any atom is -0.494 e. The number of ether oxygens (including phenoxy) is 1. The van der Waals surface area contributed by atoms with Gasteiger partial charge in [-0.2, -0.15) is 0 Å². The van der Waals surface area contributed by atoms with Gasteiger partial charge in [0, 0.05) is 23.6 Å². The molecule has 26 heavy (non-hydrogen) atoms. The van der Waals surface area contributed by atoms with Gasteiger partial charge >= 0.3 is 5.97 Å². The van der Waals surface area contributed by atoms with E-state index < -0.39 is 5.97 Å². The number of aliphatic carboxylic acids is 1. The van der Waals surface area contributed by atoms with Crippen LogP contribution in [0.25, 0.3) is 0 Å². The highest BCUT2D eigenvalue weighted by Crippen LogP contribution is 2.39. The van der Waals surface area contributed by atoms with E-state index in [1.165, 1.54) is 4.90 Å². The van der Waals surface area contributed by atoms with Gasteiger partial charge in [-0.1, -0.05) is 30.3 Å². The monoisotopic (exact) mass is 371 g/mol. The molecule has 1 aliphatic heterocycles. The molecule has 0 fully saturated rings. The van der Waals surface area contributed by atoms with E-state index in [4.69, 9.17) is 9.84 Å². The number of carbonyl (C=O) groups excluding carboxylic acids is 1. The van der Waals surface area contributed by atoms with Gasteiger partial charge < -0.3 is 15.2 Å². The highest BCUT2D eigenvalue weighted by Gasteiger charge is 2.28. The second-order valence-corrected chi connectivity index (χ2v) is 7.17. The van der Waals surface area contributed by atoms with E-state index in [-0.39, 0.29) is 18.2 Å². The standard InChI is InChI=1S/C20H21NO4S/c22-19(23)6-3-11-25-15-9-7-14(8-10-15)12-21-20(24)17-13-26-18-5-2-1-4-16(17)18/h1-2,4-5,7-10,17H,3,6,11-13H2,(H,21,24)(H,22,23). The molecular weight excluding hydrogens is 350 g/mol. The van der Waals surface area contributed by atoms with Crippen molar-refractivity contribution < 1.29 is 19.4 Å². The Morgan fingerprint density at radius 3 is 2.69 bits per heavy atom. The quantitative estimate of drug-likeness (QED) is 0.695. The van der Waals surface area contributed by atoms with Crippen LogP contribution < -0.4 is 10.1 Å². The van der Waals surface area contributed by atoms with Gasteiger partial charge in [-0.05, 0) is 35.7 Å². The zero-order chi connectivity index (χ0) is 18.4. The van der Waals surface area contributed by atoms with E-state index in [1.54, 1.807) is 11.8 Å². The highest BCUT2D eigenvalue weighted by molar-refractivity contribution is 7.99. The van der Waals surface area contributed by atoms with Gasteiger partial charge in [0.2, 0.25) is 5.91 Å². The Hall–Kier alpha value is -2.47. The molecule has 5 nitrogen and oxygen atoms in total. The molecule has 1 unspecified atom stereocenters. The predicted molar refractivity (Wildman–Crippen MR) is 101 cm³/mol. The number of carbonyl (C=O) groups is 2. The molecule has 1 heterocycles. The summed E-state index contributed by atoms with van der Waals surface area (Å²) in [6.45, 7) is 0.850. The molecule has 2 aromatic rings. The number of thioether (sulfide) groups is 1. The Kier molecular flexibility index (Phi) is 6.17. The molecule has 0 saturated carbocycles. The maximum Gasteiger partial charge on any atom is 0.303 e. The average Bonchev–Trinajstić information content (AvgIpc) is 3.08. The second-order valence-electron chi connectivity index (χ2n) is 6.11. The Morgan fingerprint density at radius 2 is 1.92 bits per heavy atom. The highest BCUT2D eigenvalue weighted by atomic mass is 32.2. The third-order valence-corrected chi connectivity index (χ3v) is 5.39. The first kappa shape index (κ1) is 18.3. The molecule has 3 rings (SSSR count). The summed E-state index contributed by atoms with van der Waals surface area (Å²) >= 11 is 1.72. The van der Waals surface area contributed by atoms with E-state index in [9.17, 15) is 9.59 Å². The van der Waals surface area contributed by atoms with E-state index >= 15 is 0 Å². The van der Waals surface area contributed by atoms with Gasteiger partial charge in [0.25, 0.3) is 0 Å². The van der Waals surface area contributed by atoms with E-state index in [1.807, 2.05) is 42.5 Å². The molecule has 136 valence electrons. The molecule has 2 aromatic carbocycles. The molecule has 0 aliphatic carbocycles. The number of benzene rings is 2. The lowest BCUT2D eigenvalue weighted by Crippen LogP contribution is -2.29. The molecule has 1 atom stereocenters. The first-order valence-electron chi connectivity index (χ1n) is 8.56. The fraction of sp³-hybridized carbons (Fsp3) is 0.300. The molecule has 0 aromatic heterocycles. The topological polar surface area (TPSA) is 75.6 Å². The average molecular weight is 371 g/mol. The second kappa shape index (κ2) is 8.76. The van der Waals surface area contributed by atoms with Crippen molar-refractivity contribution in [2.75, 3.05) is 12.4 Å². The molecule has 0 bridgehead atoms. The number of fused-ring (bicyclic) bond motifs is 1. The summed E-state index contributed by atoms with van der Waals surface area (Å²) in [6, 6.07) is 15.5. The first-order chi connectivity index (χ1) is 12.6. The predicted octanol–water partition coefficient (Wildman–Crippen LogP) is 3.44. The van der Waals surface area contributed by atoms with Crippen molar-refractivity contribution in [3.63, 3.8) is 0 Å². The summed E-state index contributed by atoms with van der Waals surface area (Å²) < 4.78 is 5.50. The number of nitrogens with one attached hydrogen (secondary N) is 1. The Labute approximate surface area is 156 Å². The van der Waals surface area contributed by atoms with Crippen LogP contribution in [0.3, 0.4) is 0 Å². The van der Waals surface area contributed by atoms with Crippen LogP contribution in [-0.2, 0) is 16.1 Å². The maximum atomic E-state index is 12.5. The Bertz CT molecular complexity index is 776. The Balaban J connectivity index is 1.46. The molecule has 0 radical (unpaired) electrons. The van der Waals surface area contributed by atoms with Crippen molar-refractivity contribution in [3.8, 4) is 5.75 Å². The van der Waals surface area contributed by atoms with Crippen molar-refractivity contribution in [2.45, 2.75) is 30.2 Å². The lowest BCUT2D eigenvalue weighted by Gasteiger charge is -2.12.